The highest BCUT2D eigenvalue weighted by Gasteiger charge is 2.38. The van der Waals surface area contributed by atoms with E-state index in [4.69, 9.17) is 0 Å². The van der Waals surface area contributed by atoms with Gasteiger partial charge >= 0.3 is 6.18 Å². The van der Waals surface area contributed by atoms with Gasteiger partial charge in [0.25, 0.3) is 11.1 Å². The number of nitrogens with zero attached hydrogens (tertiary/aromatic N) is 4. The summed E-state index contributed by atoms with van der Waals surface area (Å²) < 4.78 is 56.8. The molecule has 0 spiro atoms. The lowest BCUT2D eigenvalue weighted by Gasteiger charge is -2.31. The smallest absolute Gasteiger partial charge is 0.380 e. The van der Waals surface area contributed by atoms with Gasteiger partial charge in [-0.3, -0.25) is 14.6 Å². The first-order valence-electron chi connectivity index (χ1n) is 12.4. The van der Waals surface area contributed by atoms with E-state index in [9.17, 15) is 22.8 Å². The van der Waals surface area contributed by atoms with Crippen molar-refractivity contribution in [3.05, 3.63) is 75.1 Å². The van der Waals surface area contributed by atoms with Gasteiger partial charge in [-0.25, -0.2) is 14.5 Å². The molecule has 1 aromatic carbocycles. The van der Waals surface area contributed by atoms with E-state index in [0.29, 0.717) is 36.3 Å². The van der Waals surface area contributed by atoms with Crippen molar-refractivity contribution in [3.8, 4) is 11.3 Å². The Bertz CT molecular complexity index is 1620. The lowest BCUT2D eigenvalue weighted by molar-refractivity contribution is -0.138. The summed E-state index contributed by atoms with van der Waals surface area (Å²) in [6.07, 6.45) is 3.31. The molecule has 4 aromatic rings. The summed E-state index contributed by atoms with van der Waals surface area (Å²) in [6.45, 7) is 0.326. The molecule has 39 heavy (non-hydrogen) atoms. The molecule has 0 radical (unpaired) electrons. The minimum atomic E-state index is -4.83. The number of alkyl halides is 3. The number of pyridine rings is 1. The van der Waals surface area contributed by atoms with Crippen LogP contribution >= 0.6 is 0 Å². The second-order valence-corrected chi connectivity index (χ2v) is 9.59. The van der Waals surface area contributed by atoms with Crippen molar-refractivity contribution in [2.24, 2.45) is 5.92 Å². The van der Waals surface area contributed by atoms with Crippen molar-refractivity contribution in [1.82, 2.24) is 24.7 Å². The van der Waals surface area contributed by atoms with E-state index in [-0.39, 0.29) is 34.2 Å². The fraction of sp³-hybridized carbons (Fsp3) is 0.346. The summed E-state index contributed by atoms with van der Waals surface area (Å²) in [5.41, 5.74) is -2.78. The summed E-state index contributed by atoms with van der Waals surface area (Å²) in [5, 5.41) is 11.8. The first-order valence-corrected chi connectivity index (χ1v) is 12.4. The minimum absolute atomic E-state index is 0.0132. The molecule has 2 atom stereocenters. The Morgan fingerprint density at radius 2 is 1.95 bits per heavy atom. The van der Waals surface area contributed by atoms with Gasteiger partial charge in [0, 0.05) is 31.4 Å². The van der Waals surface area contributed by atoms with E-state index in [1.807, 2.05) is 5.10 Å². The maximum absolute atomic E-state index is 15.0. The number of fused-ring (bicyclic) bond motifs is 1. The average molecular weight is 544 g/mol. The number of aromatic amines is 1. The molecule has 3 heterocycles. The third-order valence-corrected chi connectivity index (χ3v) is 6.99. The highest BCUT2D eigenvalue weighted by Crippen LogP contribution is 2.34. The number of hydrogen-bond acceptors (Lipinski definition) is 7. The standard InChI is InChI=1S/C26H25F4N7O2/c1-31-22-12-32-20(10-33-22)18-8-15-5-6-37(25(39)17(15)9-19(18)27)13-14-3-2-4-16(7-14)35-21-11-34-36-24(38)23(21)26(28,29)30/h5-6,8-12,14,16H,2-4,7,13H2,1H3,(H,31,33)(H2,35,36,38)/t14-,16+/m1/s1. The lowest BCUT2D eigenvalue weighted by atomic mass is 9.85. The molecular formula is C26H25F4N7O2. The van der Waals surface area contributed by atoms with Gasteiger partial charge in [-0.15, -0.1) is 0 Å². The second-order valence-electron chi connectivity index (χ2n) is 9.59. The third kappa shape index (κ3) is 5.47. The fourth-order valence-electron chi connectivity index (χ4n) is 5.12. The zero-order chi connectivity index (χ0) is 27.7. The zero-order valence-electron chi connectivity index (χ0n) is 20.8. The van der Waals surface area contributed by atoms with Crippen molar-refractivity contribution in [2.45, 2.75) is 44.4 Å². The Hall–Kier alpha value is -4.29. The molecule has 204 valence electrons. The molecule has 0 amide bonds. The number of benzene rings is 1. The number of halogens is 4. The van der Waals surface area contributed by atoms with Crippen LogP contribution in [0, 0.1) is 11.7 Å². The van der Waals surface area contributed by atoms with Crippen molar-refractivity contribution in [2.75, 3.05) is 17.7 Å². The molecule has 0 saturated heterocycles. The van der Waals surface area contributed by atoms with E-state index in [2.05, 4.69) is 25.7 Å². The largest absolute Gasteiger partial charge is 0.423 e. The number of aromatic nitrogens is 5. The number of rotatable bonds is 6. The molecular weight excluding hydrogens is 518 g/mol. The number of nitrogens with one attached hydrogen (secondary N) is 3. The molecule has 0 aliphatic heterocycles. The molecule has 1 aliphatic carbocycles. The van der Waals surface area contributed by atoms with Crippen molar-refractivity contribution in [3.63, 3.8) is 0 Å². The predicted molar refractivity (Wildman–Crippen MR) is 138 cm³/mol. The van der Waals surface area contributed by atoms with Crippen LogP contribution in [0.1, 0.15) is 31.2 Å². The van der Waals surface area contributed by atoms with Crippen LogP contribution in [-0.4, -0.2) is 37.8 Å². The molecule has 1 fully saturated rings. The predicted octanol–water partition coefficient (Wildman–Crippen LogP) is 4.41. The van der Waals surface area contributed by atoms with Crippen LogP contribution in [-0.2, 0) is 12.7 Å². The summed E-state index contributed by atoms with van der Waals surface area (Å²) in [6, 6.07) is 4.15. The number of hydrogen-bond donors (Lipinski definition) is 3. The molecule has 1 saturated carbocycles. The van der Waals surface area contributed by atoms with Crippen molar-refractivity contribution in [1.29, 1.82) is 0 Å². The summed E-state index contributed by atoms with van der Waals surface area (Å²) in [7, 11) is 1.70. The maximum Gasteiger partial charge on any atom is 0.423 e. The summed E-state index contributed by atoms with van der Waals surface area (Å²) >= 11 is 0. The van der Waals surface area contributed by atoms with Gasteiger partial charge in [-0.2, -0.15) is 18.3 Å². The SMILES string of the molecule is CNc1cnc(-c2cc3ccn(C[C@@H]4CCC[C@H](Nc5cn[nH]c(=O)c5C(F)(F)F)C4)c(=O)c3cc2F)cn1. The number of anilines is 2. The molecule has 1 aliphatic rings. The Morgan fingerprint density at radius 3 is 2.67 bits per heavy atom. The number of H-pyrrole nitrogens is 1. The molecule has 13 heteroatoms. The van der Waals surface area contributed by atoms with E-state index in [1.165, 1.54) is 23.0 Å². The van der Waals surface area contributed by atoms with Crippen LogP contribution in [0.25, 0.3) is 22.0 Å². The Morgan fingerprint density at radius 1 is 1.13 bits per heavy atom. The van der Waals surface area contributed by atoms with Crippen LogP contribution in [0.15, 0.2) is 52.6 Å². The third-order valence-electron chi connectivity index (χ3n) is 6.99. The Balaban J connectivity index is 1.35. The fourth-order valence-corrected chi connectivity index (χ4v) is 5.12. The normalized spacial score (nSPS) is 17.8. The summed E-state index contributed by atoms with van der Waals surface area (Å²) in [5.74, 6) is -0.0728. The first-order chi connectivity index (χ1) is 18.6. The minimum Gasteiger partial charge on any atom is -0.380 e. The van der Waals surface area contributed by atoms with Crippen molar-refractivity contribution >= 4 is 22.3 Å². The van der Waals surface area contributed by atoms with E-state index >= 15 is 4.39 Å². The molecule has 3 aromatic heterocycles. The first kappa shape index (κ1) is 26.3. The highest BCUT2D eigenvalue weighted by molar-refractivity contribution is 5.86. The molecule has 0 bridgehead atoms. The average Bonchev–Trinajstić information content (AvgIpc) is 2.90. The summed E-state index contributed by atoms with van der Waals surface area (Å²) in [4.78, 5) is 33.4. The van der Waals surface area contributed by atoms with Gasteiger partial charge in [-0.1, -0.05) is 6.42 Å². The van der Waals surface area contributed by atoms with Gasteiger partial charge < -0.3 is 15.2 Å². The van der Waals surface area contributed by atoms with Crippen LogP contribution in [0.3, 0.4) is 0 Å². The van der Waals surface area contributed by atoms with E-state index < -0.39 is 23.1 Å². The maximum atomic E-state index is 15.0. The van der Waals surface area contributed by atoms with Crippen LogP contribution < -0.4 is 21.8 Å². The molecule has 0 unspecified atom stereocenters. The van der Waals surface area contributed by atoms with Gasteiger partial charge in [0.05, 0.1) is 35.4 Å². The topological polar surface area (TPSA) is 118 Å². The monoisotopic (exact) mass is 543 g/mol. The molecule has 3 N–H and O–H groups in total. The second kappa shape index (κ2) is 10.5. The van der Waals surface area contributed by atoms with E-state index in [1.54, 1.807) is 25.4 Å². The lowest BCUT2D eigenvalue weighted by Crippen LogP contribution is -2.33. The Kier molecular flexibility index (Phi) is 7.06. The molecule has 9 nitrogen and oxygen atoms in total. The van der Waals surface area contributed by atoms with Gasteiger partial charge in [0.1, 0.15) is 17.2 Å². The Labute approximate surface area is 219 Å². The zero-order valence-corrected chi connectivity index (χ0v) is 20.8. The van der Waals surface area contributed by atoms with E-state index in [0.717, 1.165) is 19.0 Å². The van der Waals surface area contributed by atoms with Gasteiger partial charge in [0.2, 0.25) is 0 Å². The van der Waals surface area contributed by atoms with Gasteiger partial charge in [0.15, 0.2) is 0 Å². The molecule has 5 rings (SSSR count). The van der Waals surface area contributed by atoms with Crippen molar-refractivity contribution < 1.29 is 17.6 Å². The quantitative estimate of drug-likeness (QED) is 0.309. The van der Waals surface area contributed by atoms with Crippen LogP contribution in [0.5, 0.6) is 0 Å². The van der Waals surface area contributed by atoms with Crippen LogP contribution in [0.4, 0.5) is 29.1 Å². The van der Waals surface area contributed by atoms with Crippen LogP contribution in [0.2, 0.25) is 0 Å². The van der Waals surface area contributed by atoms with Gasteiger partial charge in [-0.05, 0) is 48.8 Å². The highest BCUT2D eigenvalue weighted by atomic mass is 19.4.